The van der Waals surface area contributed by atoms with Crippen molar-refractivity contribution < 1.29 is 5.11 Å². The van der Waals surface area contributed by atoms with Gasteiger partial charge in [0.2, 0.25) is 0 Å². The SMILES string of the molecule is OC(CNc1ccc(I)cc1Cl)c1ccccc1. The molecule has 0 radical (unpaired) electrons. The Labute approximate surface area is 125 Å². The first kappa shape index (κ1) is 13.6. The zero-order valence-electron chi connectivity index (χ0n) is 9.61. The van der Waals surface area contributed by atoms with Crippen molar-refractivity contribution in [2.24, 2.45) is 0 Å². The normalized spacial score (nSPS) is 12.2. The van der Waals surface area contributed by atoms with Crippen molar-refractivity contribution in [3.05, 3.63) is 62.7 Å². The van der Waals surface area contributed by atoms with Gasteiger partial charge in [0.25, 0.3) is 0 Å². The van der Waals surface area contributed by atoms with E-state index in [-0.39, 0.29) is 0 Å². The summed E-state index contributed by atoms with van der Waals surface area (Å²) in [5, 5.41) is 13.8. The van der Waals surface area contributed by atoms with E-state index in [2.05, 4.69) is 27.9 Å². The Morgan fingerprint density at radius 2 is 1.89 bits per heavy atom. The molecule has 2 N–H and O–H groups in total. The van der Waals surface area contributed by atoms with Gasteiger partial charge in [0, 0.05) is 10.1 Å². The fourth-order valence-electron chi connectivity index (χ4n) is 1.63. The van der Waals surface area contributed by atoms with E-state index in [4.69, 9.17) is 11.6 Å². The molecule has 0 bridgehead atoms. The average Bonchev–Trinajstić information content (AvgIpc) is 2.38. The van der Waals surface area contributed by atoms with Gasteiger partial charge in [-0.3, -0.25) is 0 Å². The smallest absolute Gasteiger partial charge is 0.0962 e. The number of anilines is 1. The summed E-state index contributed by atoms with van der Waals surface area (Å²) in [6.45, 7) is 0.435. The van der Waals surface area contributed by atoms with E-state index < -0.39 is 6.10 Å². The Balaban J connectivity index is 1.99. The third-order valence-electron chi connectivity index (χ3n) is 2.60. The monoisotopic (exact) mass is 373 g/mol. The third-order valence-corrected chi connectivity index (χ3v) is 3.59. The molecule has 0 spiro atoms. The maximum Gasteiger partial charge on any atom is 0.0962 e. The Morgan fingerprint density at radius 3 is 2.56 bits per heavy atom. The van der Waals surface area contributed by atoms with Gasteiger partial charge in [0.15, 0.2) is 0 Å². The number of halogens is 2. The number of aliphatic hydroxyl groups excluding tert-OH is 1. The highest BCUT2D eigenvalue weighted by atomic mass is 127. The van der Waals surface area contributed by atoms with Crippen LogP contribution in [0.5, 0.6) is 0 Å². The molecule has 0 aliphatic rings. The highest BCUT2D eigenvalue weighted by Gasteiger charge is 2.07. The lowest BCUT2D eigenvalue weighted by molar-refractivity contribution is 0.191. The number of hydrogen-bond donors (Lipinski definition) is 2. The molecule has 18 heavy (non-hydrogen) atoms. The minimum Gasteiger partial charge on any atom is -0.387 e. The Bertz CT molecular complexity index is 518. The molecule has 0 aliphatic heterocycles. The molecule has 0 fully saturated rings. The van der Waals surface area contributed by atoms with Gasteiger partial charge >= 0.3 is 0 Å². The van der Waals surface area contributed by atoms with Crippen LogP contribution >= 0.6 is 34.2 Å². The summed E-state index contributed by atoms with van der Waals surface area (Å²) in [6, 6.07) is 15.3. The second kappa shape index (κ2) is 6.41. The first-order valence-corrected chi connectivity index (χ1v) is 7.04. The second-order valence-corrected chi connectivity index (χ2v) is 5.58. The van der Waals surface area contributed by atoms with Crippen molar-refractivity contribution in [2.75, 3.05) is 11.9 Å². The van der Waals surface area contributed by atoms with Gasteiger partial charge < -0.3 is 10.4 Å². The Kier molecular flexibility index (Phi) is 4.86. The average molecular weight is 374 g/mol. The van der Waals surface area contributed by atoms with Crippen LogP contribution in [0, 0.1) is 3.57 Å². The molecule has 4 heteroatoms. The Hall–Kier alpha value is -0.780. The molecule has 94 valence electrons. The molecular weight excluding hydrogens is 361 g/mol. The standard InChI is InChI=1S/C14H13ClINO/c15-12-8-11(16)6-7-13(12)17-9-14(18)10-4-2-1-3-5-10/h1-8,14,17-18H,9H2. The summed E-state index contributed by atoms with van der Waals surface area (Å²) < 4.78 is 1.09. The lowest BCUT2D eigenvalue weighted by atomic mass is 10.1. The predicted molar refractivity (Wildman–Crippen MR) is 84.1 cm³/mol. The number of hydrogen-bond acceptors (Lipinski definition) is 2. The predicted octanol–water partition coefficient (Wildman–Crippen LogP) is 4.09. The van der Waals surface area contributed by atoms with E-state index in [1.165, 1.54) is 0 Å². The molecule has 2 nitrogen and oxygen atoms in total. The van der Waals surface area contributed by atoms with E-state index in [9.17, 15) is 5.11 Å². The van der Waals surface area contributed by atoms with Crippen LogP contribution in [0.15, 0.2) is 48.5 Å². The van der Waals surface area contributed by atoms with Crippen molar-refractivity contribution >= 4 is 39.9 Å². The van der Waals surface area contributed by atoms with E-state index in [0.29, 0.717) is 11.6 Å². The minimum absolute atomic E-state index is 0.435. The number of benzene rings is 2. The van der Waals surface area contributed by atoms with Gasteiger partial charge in [-0.15, -0.1) is 0 Å². The summed E-state index contributed by atoms with van der Waals surface area (Å²) >= 11 is 8.32. The quantitative estimate of drug-likeness (QED) is 0.791. The second-order valence-electron chi connectivity index (χ2n) is 3.93. The molecule has 2 aromatic rings. The number of aliphatic hydroxyl groups is 1. The van der Waals surface area contributed by atoms with Crippen molar-refractivity contribution in [1.82, 2.24) is 0 Å². The summed E-state index contributed by atoms with van der Waals surface area (Å²) in [4.78, 5) is 0. The topological polar surface area (TPSA) is 32.3 Å². The van der Waals surface area contributed by atoms with Crippen LogP contribution in [0.4, 0.5) is 5.69 Å². The van der Waals surface area contributed by atoms with Gasteiger partial charge in [0.05, 0.1) is 16.8 Å². The van der Waals surface area contributed by atoms with Gasteiger partial charge in [-0.05, 0) is 46.4 Å². The molecule has 0 heterocycles. The van der Waals surface area contributed by atoms with Crippen LogP contribution in [-0.4, -0.2) is 11.7 Å². The van der Waals surface area contributed by atoms with Crippen LogP contribution in [0.25, 0.3) is 0 Å². The first-order chi connectivity index (χ1) is 8.66. The highest BCUT2D eigenvalue weighted by molar-refractivity contribution is 14.1. The molecule has 0 saturated carbocycles. The number of rotatable bonds is 4. The molecule has 1 unspecified atom stereocenters. The van der Waals surface area contributed by atoms with Crippen molar-refractivity contribution in [3.8, 4) is 0 Å². The summed E-state index contributed by atoms with van der Waals surface area (Å²) in [7, 11) is 0. The molecular formula is C14H13ClINO. The molecule has 0 aliphatic carbocycles. The van der Waals surface area contributed by atoms with E-state index in [1.807, 2.05) is 48.5 Å². The van der Waals surface area contributed by atoms with E-state index in [0.717, 1.165) is 14.8 Å². The van der Waals surface area contributed by atoms with Crippen LogP contribution in [0.2, 0.25) is 5.02 Å². The third kappa shape index (κ3) is 3.60. The summed E-state index contributed by atoms with van der Waals surface area (Å²) in [5.41, 5.74) is 1.73. The molecule has 2 rings (SSSR count). The van der Waals surface area contributed by atoms with Gasteiger partial charge in [-0.25, -0.2) is 0 Å². The van der Waals surface area contributed by atoms with E-state index in [1.54, 1.807) is 0 Å². The van der Waals surface area contributed by atoms with Crippen molar-refractivity contribution in [1.29, 1.82) is 0 Å². The maximum atomic E-state index is 10.0. The van der Waals surface area contributed by atoms with Crippen LogP contribution in [0.1, 0.15) is 11.7 Å². The summed E-state index contributed by atoms with van der Waals surface area (Å²) in [5.74, 6) is 0. The zero-order chi connectivity index (χ0) is 13.0. The van der Waals surface area contributed by atoms with Gasteiger partial charge in [0.1, 0.15) is 0 Å². The molecule has 0 amide bonds. The van der Waals surface area contributed by atoms with Crippen molar-refractivity contribution in [2.45, 2.75) is 6.10 Å². The molecule has 0 aromatic heterocycles. The Morgan fingerprint density at radius 1 is 1.17 bits per heavy atom. The lowest BCUT2D eigenvalue weighted by Crippen LogP contribution is -2.12. The minimum atomic E-state index is -0.540. The maximum absolute atomic E-state index is 10.0. The number of nitrogens with one attached hydrogen (secondary N) is 1. The zero-order valence-corrected chi connectivity index (χ0v) is 12.5. The molecule has 1 atom stereocenters. The fraction of sp³-hybridized carbons (Fsp3) is 0.143. The van der Waals surface area contributed by atoms with E-state index >= 15 is 0 Å². The lowest BCUT2D eigenvalue weighted by Gasteiger charge is -2.14. The first-order valence-electron chi connectivity index (χ1n) is 5.59. The van der Waals surface area contributed by atoms with Gasteiger partial charge in [-0.2, -0.15) is 0 Å². The van der Waals surface area contributed by atoms with Crippen LogP contribution in [0.3, 0.4) is 0 Å². The van der Waals surface area contributed by atoms with Crippen LogP contribution < -0.4 is 5.32 Å². The fourth-order valence-corrected chi connectivity index (χ4v) is 2.56. The highest BCUT2D eigenvalue weighted by Crippen LogP contribution is 2.24. The summed E-state index contributed by atoms with van der Waals surface area (Å²) in [6.07, 6.45) is -0.540. The largest absolute Gasteiger partial charge is 0.387 e. The van der Waals surface area contributed by atoms with Crippen molar-refractivity contribution in [3.63, 3.8) is 0 Å². The van der Waals surface area contributed by atoms with Gasteiger partial charge in [-0.1, -0.05) is 41.9 Å². The molecule has 2 aromatic carbocycles. The molecule has 0 saturated heterocycles. The van der Waals surface area contributed by atoms with Crippen LogP contribution in [-0.2, 0) is 0 Å².